The summed E-state index contributed by atoms with van der Waals surface area (Å²) in [6.45, 7) is 15.5. The first-order chi connectivity index (χ1) is 7.72. The molecule has 0 aromatic carbocycles. The first-order valence-corrected chi connectivity index (χ1v) is 6.40. The van der Waals surface area contributed by atoms with E-state index in [9.17, 15) is 0 Å². The fourth-order valence-electron chi connectivity index (χ4n) is 2.35. The fraction of sp³-hybridized carbons (Fsp3) is 0.714. The molecular formula is C14H26N2. The molecule has 2 nitrogen and oxygen atoms in total. The van der Waals surface area contributed by atoms with Gasteiger partial charge in [-0.2, -0.15) is 0 Å². The fourth-order valence-corrected chi connectivity index (χ4v) is 2.35. The number of allylic oxidation sites excluding steroid dienone is 1. The Bertz CT molecular complexity index is 215. The lowest BCUT2D eigenvalue weighted by Gasteiger charge is -2.32. The second-order valence-corrected chi connectivity index (χ2v) is 4.94. The lowest BCUT2D eigenvalue weighted by Crippen LogP contribution is -2.38. The third kappa shape index (κ3) is 5.47. The maximum absolute atomic E-state index is 4.01. The molecule has 0 aromatic rings. The summed E-state index contributed by atoms with van der Waals surface area (Å²) in [5.74, 6) is 0.884. The summed E-state index contributed by atoms with van der Waals surface area (Å²) < 4.78 is 0. The van der Waals surface area contributed by atoms with E-state index in [1.54, 1.807) is 0 Å². The van der Waals surface area contributed by atoms with Crippen molar-refractivity contribution in [1.82, 2.24) is 10.2 Å². The van der Waals surface area contributed by atoms with E-state index >= 15 is 0 Å². The average molecular weight is 222 g/mol. The van der Waals surface area contributed by atoms with Crippen molar-refractivity contribution >= 4 is 0 Å². The van der Waals surface area contributed by atoms with Gasteiger partial charge in [0.05, 0.1) is 0 Å². The normalized spacial score (nSPS) is 18.6. The largest absolute Gasteiger partial charge is 0.312 e. The third-order valence-corrected chi connectivity index (χ3v) is 3.24. The summed E-state index contributed by atoms with van der Waals surface area (Å²) in [7, 11) is 0. The van der Waals surface area contributed by atoms with Crippen LogP contribution in [0.5, 0.6) is 0 Å². The summed E-state index contributed by atoms with van der Waals surface area (Å²) >= 11 is 0. The van der Waals surface area contributed by atoms with Crippen molar-refractivity contribution in [3.63, 3.8) is 0 Å². The molecule has 1 fully saturated rings. The van der Waals surface area contributed by atoms with Gasteiger partial charge in [-0.1, -0.05) is 11.6 Å². The van der Waals surface area contributed by atoms with Gasteiger partial charge < -0.3 is 10.2 Å². The Morgan fingerprint density at radius 3 is 2.69 bits per heavy atom. The van der Waals surface area contributed by atoms with Gasteiger partial charge in [0, 0.05) is 19.6 Å². The molecule has 0 aromatic heterocycles. The molecule has 0 radical (unpaired) electrons. The van der Waals surface area contributed by atoms with Crippen LogP contribution in [0.15, 0.2) is 24.8 Å². The number of likely N-dealkylation sites (tertiary alicyclic amines) is 1. The van der Waals surface area contributed by atoms with Crippen LogP contribution in [0.4, 0.5) is 0 Å². The van der Waals surface area contributed by atoms with Crippen LogP contribution in [0.1, 0.15) is 26.2 Å². The van der Waals surface area contributed by atoms with E-state index in [1.165, 1.54) is 44.5 Å². The molecule has 0 aliphatic carbocycles. The first kappa shape index (κ1) is 13.5. The minimum Gasteiger partial charge on any atom is -0.312 e. The van der Waals surface area contributed by atoms with E-state index in [-0.39, 0.29) is 0 Å². The summed E-state index contributed by atoms with van der Waals surface area (Å²) in [4.78, 5) is 2.56. The number of hydrogen-bond acceptors (Lipinski definition) is 2. The molecule has 0 spiro atoms. The maximum atomic E-state index is 4.01. The standard InChI is InChI=1S/C14H26N2/c1-4-7-15-8-11-16-9-5-14(6-10-16)12-13(2)3/h4,14-15H,1-2,5-12H2,3H3. The summed E-state index contributed by atoms with van der Waals surface area (Å²) in [6, 6.07) is 0. The molecule has 0 saturated carbocycles. The van der Waals surface area contributed by atoms with Crippen LogP contribution in [0, 0.1) is 5.92 Å². The number of piperidine rings is 1. The van der Waals surface area contributed by atoms with Crippen LogP contribution >= 0.6 is 0 Å². The van der Waals surface area contributed by atoms with E-state index < -0.39 is 0 Å². The quantitative estimate of drug-likeness (QED) is 0.526. The van der Waals surface area contributed by atoms with E-state index in [2.05, 4.69) is 30.3 Å². The van der Waals surface area contributed by atoms with Gasteiger partial charge in [-0.3, -0.25) is 0 Å². The van der Waals surface area contributed by atoms with Crippen LogP contribution in [0.25, 0.3) is 0 Å². The van der Waals surface area contributed by atoms with Crippen molar-refractivity contribution in [1.29, 1.82) is 0 Å². The molecule has 16 heavy (non-hydrogen) atoms. The number of rotatable bonds is 7. The predicted octanol–water partition coefficient (Wildman–Crippen LogP) is 2.44. The minimum absolute atomic E-state index is 0.884. The van der Waals surface area contributed by atoms with Gasteiger partial charge in [0.15, 0.2) is 0 Å². The maximum Gasteiger partial charge on any atom is 0.0132 e. The van der Waals surface area contributed by atoms with Crippen LogP contribution in [-0.2, 0) is 0 Å². The highest BCUT2D eigenvalue weighted by Crippen LogP contribution is 2.22. The highest BCUT2D eigenvalue weighted by molar-refractivity contribution is 4.91. The monoisotopic (exact) mass is 222 g/mol. The molecule has 0 unspecified atom stereocenters. The second-order valence-electron chi connectivity index (χ2n) is 4.94. The summed E-state index contributed by atoms with van der Waals surface area (Å²) in [6.07, 6.45) is 5.82. The predicted molar refractivity (Wildman–Crippen MR) is 71.7 cm³/mol. The van der Waals surface area contributed by atoms with Gasteiger partial charge in [-0.15, -0.1) is 13.2 Å². The SMILES string of the molecule is C=CCNCCN1CCC(CC(=C)C)CC1. The van der Waals surface area contributed by atoms with Crippen molar-refractivity contribution < 1.29 is 0 Å². The minimum atomic E-state index is 0.884. The van der Waals surface area contributed by atoms with E-state index in [4.69, 9.17) is 0 Å². The van der Waals surface area contributed by atoms with Crippen molar-refractivity contribution in [2.45, 2.75) is 26.2 Å². The lowest BCUT2D eigenvalue weighted by atomic mass is 9.91. The van der Waals surface area contributed by atoms with E-state index in [1.807, 2.05) is 6.08 Å². The van der Waals surface area contributed by atoms with Crippen molar-refractivity contribution in [2.75, 3.05) is 32.7 Å². The van der Waals surface area contributed by atoms with Crippen LogP contribution < -0.4 is 5.32 Å². The smallest absolute Gasteiger partial charge is 0.0132 e. The molecule has 1 rings (SSSR count). The lowest BCUT2D eigenvalue weighted by molar-refractivity contribution is 0.185. The summed E-state index contributed by atoms with van der Waals surface area (Å²) in [5, 5.41) is 3.35. The molecular weight excluding hydrogens is 196 g/mol. The van der Waals surface area contributed by atoms with Gasteiger partial charge in [0.1, 0.15) is 0 Å². The van der Waals surface area contributed by atoms with Gasteiger partial charge in [0.2, 0.25) is 0 Å². The summed E-state index contributed by atoms with van der Waals surface area (Å²) in [5.41, 5.74) is 1.34. The zero-order valence-electron chi connectivity index (χ0n) is 10.7. The van der Waals surface area contributed by atoms with Gasteiger partial charge in [-0.25, -0.2) is 0 Å². The number of nitrogens with one attached hydrogen (secondary N) is 1. The molecule has 2 heteroatoms. The van der Waals surface area contributed by atoms with Gasteiger partial charge >= 0.3 is 0 Å². The molecule has 1 N–H and O–H groups in total. The zero-order valence-corrected chi connectivity index (χ0v) is 10.7. The molecule has 1 saturated heterocycles. The molecule has 0 bridgehead atoms. The van der Waals surface area contributed by atoms with Crippen LogP contribution in [0.2, 0.25) is 0 Å². The average Bonchev–Trinajstić information content (AvgIpc) is 2.26. The van der Waals surface area contributed by atoms with Crippen LogP contribution in [-0.4, -0.2) is 37.6 Å². The molecule has 0 atom stereocenters. The molecule has 1 aliphatic heterocycles. The van der Waals surface area contributed by atoms with E-state index in [0.29, 0.717) is 0 Å². The van der Waals surface area contributed by atoms with Crippen LogP contribution in [0.3, 0.4) is 0 Å². The Morgan fingerprint density at radius 2 is 2.12 bits per heavy atom. The molecule has 1 heterocycles. The van der Waals surface area contributed by atoms with Gasteiger partial charge in [0.25, 0.3) is 0 Å². The van der Waals surface area contributed by atoms with Crippen molar-refractivity contribution in [3.8, 4) is 0 Å². The Balaban J connectivity index is 2.07. The Morgan fingerprint density at radius 1 is 1.44 bits per heavy atom. The van der Waals surface area contributed by atoms with Crippen molar-refractivity contribution in [3.05, 3.63) is 24.8 Å². The molecule has 0 amide bonds. The van der Waals surface area contributed by atoms with Gasteiger partial charge in [-0.05, 0) is 45.2 Å². The molecule has 1 aliphatic rings. The second kappa shape index (κ2) is 7.64. The van der Waals surface area contributed by atoms with E-state index in [0.717, 1.165) is 19.0 Å². The Hall–Kier alpha value is -0.600. The number of nitrogens with zero attached hydrogens (tertiary/aromatic N) is 1. The Kier molecular flexibility index (Phi) is 6.43. The zero-order chi connectivity index (χ0) is 11.8. The highest BCUT2D eigenvalue weighted by Gasteiger charge is 2.18. The topological polar surface area (TPSA) is 15.3 Å². The first-order valence-electron chi connectivity index (χ1n) is 6.40. The van der Waals surface area contributed by atoms with Crippen molar-refractivity contribution in [2.24, 2.45) is 5.92 Å². The number of hydrogen-bond donors (Lipinski definition) is 1. The Labute approximate surface area is 100 Å². The molecule has 92 valence electrons. The highest BCUT2D eigenvalue weighted by atomic mass is 15.1. The third-order valence-electron chi connectivity index (χ3n) is 3.24.